The molecule has 2 heteroatoms. The summed E-state index contributed by atoms with van der Waals surface area (Å²) in [6.45, 7) is 17.5. The van der Waals surface area contributed by atoms with Crippen molar-refractivity contribution in [1.29, 1.82) is 0 Å². The average molecular weight is 213 g/mol. The summed E-state index contributed by atoms with van der Waals surface area (Å²) in [6, 6.07) is 0. The molecule has 0 amide bonds. The first-order valence-electron chi connectivity index (χ1n) is 5.79. The van der Waals surface area contributed by atoms with Crippen molar-refractivity contribution in [3.63, 3.8) is 0 Å². The molecule has 0 aliphatic carbocycles. The van der Waals surface area contributed by atoms with Crippen LogP contribution in [0, 0.1) is 0 Å². The van der Waals surface area contributed by atoms with Gasteiger partial charge in [-0.1, -0.05) is 44.8 Å². The van der Waals surface area contributed by atoms with Gasteiger partial charge in [-0.15, -0.1) is 0 Å². The molecule has 0 N–H and O–H groups in total. The van der Waals surface area contributed by atoms with E-state index in [4.69, 9.17) is 0 Å². The standard InChI is InChI=1S/C12H27NSi/c1-7-13(8-2)10-9-12(3)11-14(4,5)6/h11H,7-10H2,1-6H3. The lowest BCUT2D eigenvalue weighted by Crippen LogP contribution is -2.24. The first-order chi connectivity index (χ1) is 6.39. The van der Waals surface area contributed by atoms with Crippen molar-refractivity contribution in [3.8, 4) is 0 Å². The molecule has 0 spiro atoms. The van der Waals surface area contributed by atoms with Crippen LogP contribution in [0.3, 0.4) is 0 Å². The van der Waals surface area contributed by atoms with Gasteiger partial charge in [0.15, 0.2) is 0 Å². The number of nitrogens with zero attached hydrogens (tertiary/aromatic N) is 1. The van der Waals surface area contributed by atoms with Crippen LogP contribution < -0.4 is 0 Å². The maximum atomic E-state index is 2.52. The quantitative estimate of drug-likeness (QED) is 0.610. The zero-order valence-corrected chi connectivity index (χ0v) is 11.9. The van der Waals surface area contributed by atoms with Crippen molar-refractivity contribution in [1.82, 2.24) is 4.90 Å². The Morgan fingerprint density at radius 1 is 1.14 bits per heavy atom. The third kappa shape index (κ3) is 7.33. The molecule has 0 aromatic heterocycles. The fourth-order valence-electron chi connectivity index (χ4n) is 1.69. The molecule has 0 radical (unpaired) electrons. The molecule has 0 unspecified atom stereocenters. The molecule has 1 nitrogen and oxygen atoms in total. The Balaban J connectivity index is 3.95. The van der Waals surface area contributed by atoms with Crippen LogP contribution in [0.25, 0.3) is 0 Å². The van der Waals surface area contributed by atoms with Gasteiger partial charge < -0.3 is 4.90 Å². The van der Waals surface area contributed by atoms with Gasteiger partial charge >= 0.3 is 0 Å². The number of rotatable bonds is 6. The maximum absolute atomic E-state index is 2.52. The van der Waals surface area contributed by atoms with E-state index >= 15 is 0 Å². The Morgan fingerprint density at radius 3 is 2.00 bits per heavy atom. The topological polar surface area (TPSA) is 3.24 Å². The smallest absolute Gasteiger partial charge is 0.0686 e. The molecular weight excluding hydrogens is 186 g/mol. The van der Waals surface area contributed by atoms with E-state index in [1.165, 1.54) is 26.1 Å². The van der Waals surface area contributed by atoms with E-state index in [1.807, 2.05) is 0 Å². The molecule has 0 bridgehead atoms. The van der Waals surface area contributed by atoms with Gasteiger partial charge in [0.25, 0.3) is 0 Å². The minimum atomic E-state index is -0.993. The summed E-state index contributed by atoms with van der Waals surface area (Å²) >= 11 is 0. The summed E-state index contributed by atoms with van der Waals surface area (Å²) in [5.41, 5.74) is 4.10. The monoisotopic (exact) mass is 213 g/mol. The van der Waals surface area contributed by atoms with Crippen molar-refractivity contribution in [2.75, 3.05) is 19.6 Å². The van der Waals surface area contributed by atoms with E-state index in [0.29, 0.717) is 0 Å². The Hall–Kier alpha value is -0.0831. The van der Waals surface area contributed by atoms with Gasteiger partial charge in [-0.25, -0.2) is 0 Å². The third-order valence-electron chi connectivity index (χ3n) is 2.40. The van der Waals surface area contributed by atoms with E-state index in [0.717, 1.165) is 0 Å². The summed E-state index contributed by atoms with van der Waals surface area (Å²) in [7, 11) is -0.993. The van der Waals surface area contributed by atoms with Crippen molar-refractivity contribution in [3.05, 3.63) is 11.3 Å². The molecular formula is C12H27NSi. The van der Waals surface area contributed by atoms with Crippen molar-refractivity contribution in [2.24, 2.45) is 0 Å². The van der Waals surface area contributed by atoms with Crippen molar-refractivity contribution >= 4 is 8.07 Å². The van der Waals surface area contributed by atoms with Crippen molar-refractivity contribution in [2.45, 2.75) is 46.8 Å². The lowest BCUT2D eigenvalue weighted by atomic mass is 10.2. The molecule has 0 aliphatic rings. The van der Waals surface area contributed by atoms with Crippen molar-refractivity contribution < 1.29 is 0 Å². The van der Waals surface area contributed by atoms with Gasteiger partial charge in [0.2, 0.25) is 0 Å². The number of hydrogen-bond acceptors (Lipinski definition) is 1. The van der Waals surface area contributed by atoms with E-state index in [1.54, 1.807) is 5.57 Å². The predicted molar refractivity (Wildman–Crippen MR) is 69.5 cm³/mol. The largest absolute Gasteiger partial charge is 0.304 e. The summed E-state index contributed by atoms with van der Waals surface area (Å²) in [5, 5.41) is 0. The van der Waals surface area contributed by atoms with Gasteiger partial charge in [0.05, 0.1) is 8.07 Å². The summed E-state index contributed by atoms with van der Waals surface area (Å²) < 4.78 is 0. The third-order valence-corrected chi connectivity index (χ3v) is 3.76. The van der Waals surface area contributed by atoms with Gasteiger partial charge in [-0.2, -0.15) is 0 Å². The highest BCUT2D eigenvalue weighted by molar-refractivity contribution is 6.81. The van der Waals surface area contributed by atoms with Crippen LogP contribution in [0.15, 0.2) is 11.3 Å². The highest BCUT2D eigenvalue weighted by Crippen LogP contribution is 2.10. The Labute approximate surface area is 91.2 Å². The normalized spacial score (nSPS) is 13.8. The highest BCUT2D eigenvalue weighted by atomic mass is 28.3. The maximum Gasteiger partial charge on any atom is 0.0686 e. The Bertz CT molecular complexity index is 175. The second-order valence-electron chi connectivity index (χ2n) is 5.13. The van der Waals surface area contributed by atoms with Crippen LogP contribution >= 0.6 is 0 Å². The van der Waals surface area contributed by atoms with E-state index in [9.17, 15) is 0 Å². The second-order valence-corrected chi connectivity index (χ2v) is 10.2. The van der Waals surface area contributed by atoms with Gasteiger partial charge in [0, 0.05) is 6.54 Å². The molecule has 0 heterocycles. The first-order valence-corrected chi connectivity index (χ1v) is 9.37. The molecule has 0 saturated carbocycles. The molecule has 0 aromatic rings. The fourth-order valence-corrected chi connectivity index (χ4v) is 3.31. The van der Waals surface area contributed by atoms with Crippen LogP contribution in [0.4, 0.5) is 0 Å². The summed E-state index contributed by atoms with van der Waals surface area (Å²) in [6.07, 6.45) is 1.24. The molecule has 14 heavy (non-hydrogen) atoms. The molecule has 0 atom stereocenters. The molecule has 84 valence electrons. The minimum absolute atomic E-state index is 0.993. The van der Waals surface area contributed by atoms with E-state index in [-0.39, 0.29) is 0 Å². The molecule has 0 aromatic carbocycles. The van der Waals surface area contributed by atoms with E-state index < -0.39 is 8.07 Å². The van der Waals surface area contributed by atoms with Crippen LogP contribution in [0.2, 0.25) is 19.6 Å². The lowest BCUT2D eigenvalue weighted by molar-refractivity contribution is 0.308. The van der Waals surface area contributed by atoms with Crippen LogP contribution in [-0.4, -0.2) is 32.6 Å². The predicted octanol–water partition coefficient (Wildman–Crippen LogP) is 3.54. The highest BCUT2D eigenvalue weighted by Gasteiger charge is 2.09. The van der Waals surface area contributed by atoms with Crippen LogP contribution in [-0.2, 0) is 0 Å². The zero-order chi connectivity index (χ0) is 11.2. The summed E-state index contributed by atoms with van der Waals surface area (Å²) in [4.78, 5) is 2.49. The zero-order valence-electron chi connectivity index (χ0n) is 10.9. The average Bonchev–Trinajstić information content (AvgIpc) is 2.03. The molecule has 0 aliphatic heterocycles. The molecule has 0 saturated heterocycles. The number of hydrogen-bond donors (Lipinski definition) is 0. The molecule has 0 rings (SSSR count). The van der Waals surface area contributed by atoms with Crippen LogP contribution in [0.1, 0.15) is 27.2 Å². The first kappa shape index (κ1) is 13.9. The Kier molecular flexibility index (Phi) is 6.37. The minimum Gasteiger partial charge on any atom is -0.304 e. The van der Waals surface area contributed by atoms with E-state index in [2.05, 4.69) is 51.0 Å². The van der Waals surface area contributed by atoms with Gasteiger partial charge in [0.1, 0.15) is 0 Å². The Morgan fingerprint density at radius 2 is 1.64 bits per heavy atom. The molecule has 0 fully saturated rings. The van der Waals surface area contributed by atoms with Gasteiger partial charge in [-0.05, 0) is 26.4 Å². The lowest BCUT2D eigenvalue weighted by Gasteiger charge is -2.19. The summed E-state index contributed by atoms with van der Waals surface area (Å²) in [5.74, 6) is 0. The fraction of sp³-hybridized carbons (Fsp3) is 0.833. The van der Waals surface area contributed by atoms with Gasteiger partial charge in [-0.3, -0.25) is 0 Å². The van der Waals surface area contributed by atoms with Crippen LogP contribution in [0.5, 0.6) is 0 Å². The second kappa shape index (κ2) is 6.41. The SMILES string of the molecule is CCN(CC)CCC(C)=C[Si](C)(C)C.